The van der Waals surface area contributed by atoms with Crippen LogP contribution in [0.3, 0.4) is 0 Å². The highest BCUT2D eigenvalue weighted by atomic mass is 16.5. The molecule has 2 amide bonds. The summed E-state index contributed by atoms with van der Waals surface area (Å²) in [5, 5.41) is 14.9. The normalized spacial score (nSPS) is 13.9. The number of carbonyl (C=O) groups is 1. The number of carbonyl (C=O) groups excluding carboxylic acids is 1. The number of morpholine rings is 1. The van der Waals surface area contributed by atoms with Crippen molar-refractivity contribution in [1.82, 2.24) is 20.0 Å². The van der Waals surface area contributed by atoms with E-state index in [9.17, 15) is 4.79 Å². The fourth-order valence-corrected chi connectivity index (χ4v) is 4.16. The Hall–Kier alpha value is -3.92. The van der Waals surface area contributed by atoms with Gasteiger partial charge in [-0.3, -0.25) is 9.58 Å². The summed E-state index contributed by atoms with van der Waals surface area (Å²) in [5.74, 6) is 1.46. The van der Waals surface area contributed by atoms with Crippen LogP contribution in [0.25, 0.3) is 10.9 Å². The largest absolute Gasteiger partial charge is 0.457 e. The Bertz CT molecular complexity index is 1290. The molecule has 0 aliphatic carbocycles. The molecule has 37 heavy (non-hydrogen) atoms. The number of para-hydroxylation sites is 1. The van der Waals surface area contributed by atoms with Gasteiger partial charge in [-0.05, 0) is 54.6 Å². The molecule has 0 spiro atoms. The van der Waals surface area contributed by atoms with Gasteiger partial charge in [0.05, 0.1) is 25.3 Å². The quantitative estimate of drug-likeness (QED) is 0.280. The van der Waals surface area contributed by atoms with Crippen LogP contribution in [0.1, 0.15) is 0 Å². The summed E-state index contributed by atoms with van der Waals surface area (Å²) in [6.45, 7) is 7.30. The highest BCUT2D eigenvalue weighted by Crippen LogP contribution is 2.23. The van der Waals surface area contributed by atoms with Gasteiger partial charge in [-0.15, -0.1) is 0 Å². The third-order valence-corrected chi connectivity index (χ3v) is 6.13. The molecule has 1 aliphatic rings. The molecule has 0 bridgehead atoms. The number of urea groups is 1. The van der Waals surface area contributed by atoms with E-state index < -0.39 is 0 Å². The van der Waals surface area contributed by atoms with Gasteiger partial charge < -0.3 is 25.4 Å². The van der Waals surface area contributed by atoms with Gasteiger partial charge in [-0.2, -0.15) is 5.10 Å². The molecule has 192 valence electrons. The zero-order valence-electron chi connectivity index (χ0n) is 20.7. The van der Waals surface area contributed by atoms with Crippen LogP contribution >= 0.6 is 0 Å². The van der Waals surface area contributed by atoms with E-state index in [0.717, 1.165) is 69.1 Å². The zero-order valence-corrected chi connectivity index (χ0v) is 20.7. The summed E-state index contributed by atoms with van der Waals surface area (Å²) in [7, 11) is 0. The van der Waals surface area contributed by atoms with Gasteiger partial charge in [0, 0.05) is 55.7 Å². The number of nitrogens with one attached hydrogen (secondary N) is 3. The van der Waals surface area contributed by atoms with Crippen molar-refractivity contribution in [3.63, 3.8) is 0 Å². The number of fused-ring (bicyclic) bond motifs is 1. The predicted octanol–water partition coefficient (Wildman–Crippen LogP) is 4.39. The smallest absolute Gasteiger partial charge is 0.323 e. The van der Waals surface area contributed by atoms with Crippen molar-refractivity contribution >= 4 is 28.3 Å². The molecule has 1 aliphatic heterocycles. The van der Waals surface area contributed by atoms with Crippen molar-refractivity contribution in [1.29, 1.82) is 0 Å². The molecule has 0 saturated carbocycles. The van der Waals surface area contributed by atoms with E-state index >= 15 is 0 Å². The third-order valence-electron chi connectivity index (χ3n) is 6.13. The highest BCUT2D eigenvalue weighted by molar-refractivity contribution is 6.00. The number of nitrogens with zero attached hydrogens (tertiary/aromatic N) is 3. The van der Waals surface area contributed by atoms with Gasteiger partial charge in [0.15, 0.2) is 0 Å². The molecule has 2 heterocycles. The lowest BCUT2D eigenvalue weighted by molar-refractivity contribution is 0.0384. The summed E-state index contributed by atoms with van der Waals surface area (Å²) in [6.07, 6.45) is 2.03. The maximum absolute atomic E-state index is 12.5. The summed E-state index contributed by atoms with van der Waals surface area (Å²) in [4.78, 5) is 14.9. The molecule has 1 aromatic heterocycles. The van der Waals surface area contributed by atoms with Crippen LogP contribution in [-0.2, 0) is 11.3 Å². The number of rotatable bonds is 10. The Morgan fingerprint density at radius 2 is 1.57 bits per heavy atom. The van der Waals surface area contributed by atoms with Gasteiger partial charge in [0.2, 0.25) is 0 Å². The lowest BCUT2D eigenvalue weighted by Gasteiger charge is -2.26. The molecule has 0 unspecified atom stereocenters. The third kappa shape index (κ3) is 7.29. The van der Waals surface area contributed by atoms with E-state index in [1.165, 1.54) is 0 Å². The van der Waals surface area contributed by atoms with Crippen LogP contribution in [0.4, 0.5) is 16.2 Å². The predicted molar refractivity (Wildman–Crippen MR) is 145 cm³/mol. The van der Waals surface area contributed by atoms with Crippen LogP contribution in [0.5, 0.6) is 11.5 Å². The van der Waals surface area contributed by atoms with E-state index in [0.29, 0.717) is 17.1 Å². The average molecular weight is 501 g/mol. The van der Waals surface area contributed by atoms with E-state index in [4.69, 9.17) is 9.47 Å². The topological polar surface area (TPSA) is 92.7 Å². The molecular weight excluding hydrogens is 468 g/mol. The Morgan fingerprint density at radius 1 is 0.865 bits per heavy atom. The number of aromatic nitrogens is 2. The molecule has 4 aromatic rings. The summed E-state index contributed by atoms with van der Waals surface area (Å²) in [6, 6.07) is 22.2. The summed E-state index contributed by atoms with van der Waals surface area (Å²) < 4.78 is 13.1. The minimum Gasteiger partial charge on any atom is -0.457 e. The van der Waals surface area contributed by atoms with E-state index in [1.54, 1.807) is 12.1 Å². The first kappa shape index (κ1) is 24.8. The number of hydrogen-bond acceptors (Lipinski definition) is 6. The SMILES string of the molecule is O=C(Nc1ccc(Oc2ccccc2)cc1)Nc1ccc2cn(CCNCCN3CCOCC3)nc2c1. The zero-order chi connectivity index (χ0) is 25.3. The van der Waals surface area contributed by atoms with Gasteiger partial charge in [0.25, 0.3) is 0 Å². The number of amides is 2. The van der Waals surface area contributed by atoms with Crippen LogP contribution in [-0.4, -0.2) is 66.6 Å². The lowest BCUT2D eigenvalue weighted by atomic mass is 10.2. The maximum Gasteiger partial charge on any atom is 0.323 e. The van der Waals surface area contributed by atoms with Crippen molar-refractivity contribution in [3.8, 4) is 11.5 Å². The van der Waals surface area contributed by atoms with Crippen LogP contribution in [0, 0.1) is 0 Å². The molecule has 1 saturated heterocycles. The first-order valence-corrected chi connectivity index (χ1v) is 12.6. The molecule has 0 radical (unpaired) electrons. The van der Waals surface area contributed by atoms with Crippen molar-refractivity contribution in [2.75, 3.05) is 56.6 Å². The van der Waals surface area contributed by atoms with E-state index in [1.807, 2.05) is 71.5 Å². The van der Waals surface area contributed by atoms with Gasteiger partial charge in [-0.1, -0.05) is 18.2 Å². The fraction of sp³-hybridized carbons (Fsp3) is 0.286. The molecule has 9 heteroatoms. The molecular formula is C28H32N6O3. The summed E-state index contributed by atoms with van der Waals surface area (Å²) in [5.41, 5.74) is 2.20. The first-order valence-electron chi connectivity index (χ1n) is 12.6. The summed E-state index contributed by atoms with van der Waals surface area (Å²) >= 11 is 0. The molecule has 5 rings (SSSR count). The number of ether oxygens (including phenoxy) is 2. The average Bonchev–Trinajstić information content (AvgIpc) is 3.33. The van der Waals surface area contributed by atoms with Gasteiger partial charge in [-0.25, -0.2) is 4.79 Å². The Kier molecular flexibility index (Phi) is 8.27. The minimum absolute atomic E-state index is 0.319. The molecule has 3 aromatic carbocycles. The first-order chi connectivity index (χ1) is 18.2. The number of benzene rings is 3. The van der Waals surface area contributed by atoms with Gasteiger partial charge in [0.1, 0.15) is 11.5 Å². The fourth-order valence-electron chi connectivity index (χ4n) is 4.16. The van der Waals surface area contributed by atoms with Crippen molar-refractivity contribution < 1.29 is 14.3 Å². The van der Waals surface area contributed by atoms with Crippen molar-refractivity contribution in [2.45, 2.75) is 6.54 Å². The second-order valence-electron chi connectivity index (χ2n) is 8.89. The Labute approximate surface area is 216 Å². The number of hydrogen-bond donors (Lipinski definition) is 3. The van der Waals surface area contributed by atoms with Crippen LogP contribution < -0.4 is 20.7 Å². The number of anilines is 2. The second kappa shape index (κ2) is 12.4. The molecule has 9 nitrogen and oxygen atoms in total. The molecule has 3 N–H and O–H groups in total. The van der Waals surface area contributed by atoms with E-state index in [-0.39, 0.29) is 6.03 Å². The minimum atomic E-state index is -0.319. The maximum atomic E-state index is 12.5. The van der Waals surface area contributed by atoms with Gasteiger partial charge >= 0.3 is 6.03 Å². The Balaban J connectivity index is 1.08. The standard InChI is InChI=1S/C28H32N6O3/c35-28(30-23-8-10-26(11-9-23)37-25-4-2-1-3-5-25)31-24-7-6-22-21-34(32-27(22)20-24)15-13-29-12-14-33-16-18-36-19-17-33/h1-11,20-21,29H,12-19H2,(H2,30,31,35). The van der Waals surface area contributed by atoms with Crippen LogP contribution in [0.15, 0.2) is 79.0 Å². The molecule has 1 fully saturated rings. The monoisotopic (exact) mass is 500 g/mol. The second-order valence-corrected chi connectivity index (χ2v) is 8.89. The van der Waals surface area contributed by atoms with Crippen molar-refractivity contribution in [3.05, 3.63) is 79.0 Å². The Morgan fingerprint density at radius 3 is 2.38 bits per heavy atom. The lowest BCUT2D eigenvalue weighted by Crippen LogP contribution is -2.40. The molecule has 0 atom stereocenters. The van der Waals surface area contributed by atoms with Crippen molar-refractivity contribution in [2.24, 2.45) is 0 Å². The highest BCUT2D eigenvalue weighted by Gasteiger charge is 2.09. The van der Waals surface area contributed by atoms with E-state index in [2.05, 4.69) is 25.9 Å². The van der Waals surface area contributed by atoms with Crippen LogP contribution in [0.2, 0.25) is 0 Å².